The van der Waals surface area contributed by atoms with E-state index in [4.69, 9.17) is 10.5 Å². The number of hydrogen-bond acceptors (Lipinski definition) is 2. The van der Waals surface area contributed by atoms with E-state index in [1.807, 2.05) is 43.3 Å². The predicted molar refractivity (Wildman–Crippen MR) is 78.6 cm³/mol. The number of benzene rings is 2. The average Bonchev–Trinajstić information content (AvgIpc) is 2.48. The Morgan fingerprint density at radius 3 is 2.50 bits per heavy atom. The van der Waals surface area contributed by atoms with E-state index in [2.05, 4.69) is 0 Å². The maximum Gasteiger partial charge on any atom is 0.123 e. The van der Waals surface area contributed by atoms with E-state index in [0.29, 0.717) is 6.61 Å². The van der Waals surface area contributed by atoms with Crippen molar-refractivity contribution in [2.45, 2.75) is 32.1 Å². The van der Waals surface area contributed by atoms with Crippen molar-refractivity contribution in [2.75, 3.05) is 0 Å². The predicted octanol–water partition coefficient (Wildman–Crippen LogP) is 3.82. The Balaban J connectivity index is 2.12. The highest BCUT2D eigenvalue weighted by Crippen LogP contribution is 2.24. The van der Waals surface area contributed by atoms with Crippen LogP contribution in [0.15, 0.2) is 54.6 Å². The molecule has 0 radical (unpaired) electrons. The maximum absolute atomic E-state index is 13.4. The van der Waals surface area contributed by atoms with E-state index < -0.39 is 0 Å². The summed E-state index contributed by atoms with van der Waals surface area (Å²) in [6.45, 7) is 2.47. The van der Waals surface area contributed by atoms with Crippen LogP contribution >= 0.6 is 0 Å². The van der Waals surface area contributed by atoms with Crippen molar-refractivity contribution in [1.82, 2.24) is 0 Å². The summed E-state index contributed by atoms with van der Waals surface area (Å²) in [6, 6.07) is 16.2. The molecule has 0 fully saturated rings. The summed E-state index contributed by atoms with van der Waals surface area (Å²) < 4.78 is 19.3. The van der Waals surface area contributed by atoms with Crippen LogP contribution in [0, 0.1) is 5.82 Å². The molecule has 2 nitrogen and oxygen atoms in total. The second kappa shape index (κ2) is 7.17. The van der Waals surface area contributed by atoms with Gasteiger partial charge in [-0.1, -0.05) is 49.4 Å². The molecule has 3 heteroatoms. The molecule has 2 atom stereocenters. The van der Waals surface area contributed by atoms with E-state index in [1.54, 1.807) is 6.07 Å². The minimum atomic E-state index is -0.295. The van der Waals surface area contributed by atoms with Crippen molar-refractivity contribution >= 4 is 0 Å². The van der Waals surface area contributed by atoms with Crippen LogP contribution < -0.4 is 5.73 Å². The van der Waals surface area contributed by atoms with E-state index in [-0.39, 0.29) is 18.0 Å². The van der Waals surface area contributed by atoms with Crippen LogP contribution in [0.25, 0.3) is 0 Å². The van der Waals surface area contributed by atoms with Crippen molar-refractivity contribution < 1.29 is 9.13 Å². The third kappa shape index (κ3) is 3.89. The molecule has 0 aliphatic heterocycles. The highest BCUT2D eigenvalue weighted by atomic mass is 19.1. The third-order valence-corrected chi connectivity index (χ3v) is 3.31. The molecule has 0 saturated heterocycles. The Hall–Kier alpha value is -1.71. The van der Waals surface area contributed by atoms with Crippen LogP contribution in [0.4, 0.5) is 4.39 Å². The molecule has 2 aromatic carbocycles. The highest BCUT2D eigenvalue weighted by molar-refractivity contribution is 5.21. The lowest BCUT2D eigenvalue weighted by Gasteiger charge is -2.24. The van der Waals surface area contributed by atoms with Gasteiger partial charge in [-0.2, -0.15) is 0 Å². The lowest BCUT2D eigenvalue weighted by molar-refractivity contribution is 0.0211. The van der Waals surface area contributed by atoms with Gasteiger partial charge < -0.3 is 10.5 Å². The topological polar surface area (TPSA) is 35.2 Å². The Labute approximate surface area is 119 Å². The number of ether oxygens (including phenoxy) is 1. The van der Waals surface area contributed by atoms with Crippen molar-refractivity contribution in [3.63, 3.8) is 0 Å². The third-order valence-electron chi connectivity index (χ3n) is 3.31. The van der Waals surface area contributed by atoms with Crippen molar-refractivity contribution in [2.24, 2.45) is 5.73 Å². The quantitative estimate of drug-likeness (QED) is 0.868. The minimum absolute atomic E-state index is 0.152. The van der Waals surface area contributed by atoms with Gasteiger partial charge in [0.1, 0.15) is 5.82 Å². The molecule has 0 aromatic heterocycles. The van der Waals surface area contributed by atoms with E-state index in [9.17, 15) is 4.39 Å². The molecule has 0 aliphatic rings. The van der Waals surface area contributed by atoms with Gasteiger partial charge in [0.2, 0.25) is 0 Å². The van der Waals surface area contributed by atoms with Gasteiger partial charge >= 0.3 is 0 Å². The van der Waals surface area contributed by atoms with Gasteiger partial charge in [0, 0.05) is 6.04 Å². The van der Waals surface area contributed by atoms with Crippen LogP contribution in [0.1, 0.15) is 30.6 Å². The molecule has 2 N–H and O–H groups in total. The van der Waals surface area contributed by atoms with Crippen LogP contribution in [0.3, 0.4) is 0 Å². The largest absolute Gasteiger partial charge is 0.367 e. The first-order valence-corrected chi connectivity index (χ1v) is 6.87. The van der Waals surface area contributed by atoms with E-state index in [0.717, 1.165) is 17.5 Å². The molecule has 0 saturated carbocycles. The average molecular weight is 273 g/mol. The summed E-state index contributed by atoms with van der Waals surface area (Å²) in [6.07, 6.45) is 0.478. The van der Waals surface area contributed by atoms with Gasteiger partial charge in [-0.05, 0) is 29.7 Å². The molecule has 0 aliphatic carbocycles. The van der Waals surface area contributed by atoms with Gasteiger partial charge in [-0.25, -0.2) is 4.39 Å². The Morgan fingerprint density at radius 2 is 1.85 bits per heavy atom. The van der Waals surface area contributed by atoms with Crippen molar-refractivity contribution in [3.8, 4) is 0 Å². The fourth-order valence-electron chi connectivity index (χ4n) is 2.12. The normalized spacial score (nSPS) is 13.9. The monoisotopic (exact) mass is 273 g/mol. The lowest BCUT2D eigenvalue weighted by Crippen LogP contribution is -2.29. The van der Waals surface area contributed by atoms with Gasteiger partial charge in [-0.3, -0.25) is 0 Å². The van der Waals surface area contributed by atoms with Crippen molar-refractivity contribution in [1.29, 1.82) is 0 Å². The first kappa shape index (κ1) is 14.7. The smallest absolute Gasteiger partial charge is 0.123 e. The van der Waals surface area contributed by atoms with Crippen molar-refractivity contribution in [3.05, 3.63) is 71.5 Å². The standard InChI is InChI=1S/C17H20FNO/c1-2-16(19)17(14-9-6-10-15(18)11-14)20-12-13-7-4-3-5-8-13/h3-11,16-17H,2,12,19H2,1H3. The van der Waals surface area contributed by atoms with Crippen LogP contribution in [0.2, 0.25) is 0 Å². The molecule has 2 unspecified atom stereocenters. The molecular formula is C17H20FNO. The summed E-state index contributed by atoms with van der Waals surface area (Å²) in [4.78, 5) is 0. The SMILES string of the molecule is CCC(N)C(OCc1ccccc1)c1cccc(F)c1. The summed E-state index contributed by atoms with van der Waals surface area (Å²) in [5.74, 6) is -0.265. The number of hydrogen-bond donors (Lipinski definition) is 1. The Morgan fingerprint density at radius 1 is 1.10 bits per heavy atom. The first-order valence-electron chi connectivity index (χ1n) is 6.87. The second-order valence-corrected chi connectivity index (χ2v) is 4.84. The van der Waals surface area contributed by atoms with Gasteiger partial charge in [0.25, 0.3) is 0 Å². The summed E-state index contributed by atoms with van der Waals surface area (Å²) in [5, 5.41) is 0. The zero-order valence-corrected chi connectivity index (χ0v) is 11.6. The van der Waals surface area contributed by atoms with E-state index >= 15 is 0 Å². The molecule has 0 heterocycles. The summed E-state index contributed by atoms with van der Waals surface area (Å²) >= 11 is 0. The zero-order valence-electron chi connectivity index (χ0n) is 11.6. The molecule has 106 valence electrons. The summed E-state index contributed by atoms with van der Waals surface area (Å²) in [5.41, 5.74) is 7.98. The number of rotatable bonds is 6. The number of halogens is 1. The van der Waals surface area contributed by atoms with Gasteiger partial charge in [0.05, 0.1) is 12.7 Å². The van der Waals surface area contributed by atoms with Gasteiger partial charge in [-0.15, -0.1) is 0 Å². The van der Waals surface area contributed by atoms with Crippen LogP contribution in [0.5, 0.6) is 0 Å². The fraction of sp³-hybridized carbons (Fsp3) is 0.294. The maximum atomic E-state index is 13.4. The first-order chi connectivity index (χ1) is 9.70. The minimum Gasteiger partial charge on any atom is -0.367 e. The van der Waals surface area contributed by atoms with Gasteiger partial charge in [0.15, 0.2) is 0 Å². The lowest BCUT2D eigenvalue weighted by atomic mass is 10.0. The zero-order chi connectivity index (χ0) is 14.4. The fourth-order valence-corrected chi connectivity index (χ4v) is 2.12. The molecule has 2 rings (SSSR count). The molecule has 0 spiro atoms. The Kier molecular flexibility index (Phi) is 5.27. The molecular weight excluding hydrogens is 253 g/mol. The highest BCUT2D eigenvalue weighted by Gasteiger charge is 2.19. The molecule has 20 heavy (non-hydrogen) atoms. The van der Waals surface area contributed by atoms with Crippen LogP contribution in [-0.2, 0) is 11.3 Å². The molecule has 2 aromatic rings. The Bertz CT molecular complexity index is 530. The molecule has 0 amide bonds. The number of nitrogens with two attached hydrogens (primary N) is 1. The van der Waals surface area contributed by atoms with Crippen LogP contribution in [-0.4, -0.2) is 6.04 Å². The second-order valence-electron chi connectivity index (χ2n) is 4.84. The summed E-state index contributed by atoms with van der Waals surface area (Å²) in [7, 11) is 0. The van der Waals surface area contributed by atoms with E-state index in [1.165, 1.54) is 12.1 Å². The molecule has 0 bridgehead atoms.